The van der Waals surface area contributed by atoms with E-state index in [-0.39, 0.29) is 17.7 Å². The largest absolute Gasteiger partial charge is 0.467 e. The molecular weight excluding hydrogens is 436 g/mol. The minimum atomic E-state index is -0.309. The molecular formula is C22H17ClN4O3S. The molecule has 0 bridgehead atoms. The fourth-order valence-corrected chi connectivity index (χ4v) is 4.46. The van der Waals surface area contributed by atoms with Gasteiger partial charge in [0, 0.05) is 29.5 Å². The van der Waals surface area contributed by atoms with Gasteiger partial charge in [0.05, 0.1) is 18.3 Å². The summed E-state index contributed by atoms with van der Waals surface area (Å²) in [6.45, 7) is 0. The highest BCUT2D eigenvalue weighted by Gasteiger charge is 2.35. The number of aromatic nitrogens is 2. The van der Waals surface area contributed by atoms with Gasteiger partial charge in [-0.2, -0.15) is 5.10 Å². The van der Waals surface area contributed by atoms with E-state index in [0.29, 0.717) is 33.8 Å². The summed E-state index contributed by atoms with van der Waals surface area (Å²) in [6.07, 6.45) is 7.25. The van der Waals surface area contributed by atoms with Gasteiger partial charge in [0.25, 0.3) is 5.91 Å². The van der Waals surface area contributed by atoms with E-state index in [1.54, 1.807) is 30.9 Å². The summed E-state index contributed by atoms with van der Waals surface area (Å²) in [5.74, 6) is 1.36. The number of imidazole rings is 1. The van der Waals surface area contributed by atoms with Gasteiger partial charge in [0.2, 0.25) is 0 Å². The molecule has 7 nitrogen and oxygen atoms in total. The van der Waals surface area contributed by atoms with Crippen molar-refractivity contribution in [2.45, 2.75) is 17.6 Å². The monoisotopic (exact) mass is 452 g/mol. The zero-order chi connectivity index (χ0) is 21.2. The number of hydrogen-bond donors (Lipinski definition) is 0. The molecule has 4 heterocycles. The molecule has 0 saturated carbocycles. The Morgan fingerprint density at radius 1 is 1.16 bits per heavy atom. The second-order valence-corrected chi connectivity index (χ2v) is 8.22. The van der Waals surface area contributed by atoms with Crippen LogP contribution in [0.1, 0.15) is 24.0 Å². The Labute approximate surface area is 187 Å². The van der Waals surface area contributed by atoms with E-state index >= 15 is 0 Å². The average Bonchev–Trinajstić information content (AvgIpc) is 3.56. The van der Waals surface area contributed by atoms with E-state index in [2.05, 4.69) is 10.1 Å². The average molecular weight is 453 g/mol. The molecule has 1 aliphatic rings. The maximum atomic E-state index is 13.1. The van der Waals surface area contributed by atoms with Crippen LogP contribution in [0, 0.1) is 0 Å². The van der Waals surface area contributed by atoms with Crippen molar-refractivity contribution in [2.24, 2.45) is 5.10 Å². The lowest BCUT2D eigenvalue weighted by Crippen LogP contribution is -2.28. The van der Waals surface area contributed by atoms with Crippen molar-refractivity contribution in [3.63, 3.8) is 0 Å². The Bertz CT molecular complexity index is 1220. The first-order chi connectivity index (χ1) is 15.2. The predicted molar refractivity (Wildman–Crippen MR) is 117 cm³/mol. The van der Waals surface area contributed by atoms with Crippen LogP contribution < -0.4 is 0 Å². The van der Waals surface area contributed by atoms with Gasteiger partial charge in [-0.05, 0) is 42.5 Å². The fourth-order valence-electron chi connectivity index (χ4n) is 3.45. The third kappa shape index (κ3) is 4.04. The molecule has 4 aromatic rings. The number of rotatable bonds is 6. The number of carbonyl (C=O) groups is 1. The van der Waals surface area contributed by atoms with Crippen molar-refractivity contribution in [3.8, 4) is 5.69 Å². The van der Waals surface area contributed by atoms with Crippen LogP contribution in [-0.2, 0) is 4.79 Å². The number of benzene rings is 1. The van der Waals surface area contributed by atoms with E-state index in [4.69, 9.17) is 20.4 Å². The molecule has 9 heteroatoms. The first-order valence-corrected chi connectivity index (χ1v) is 10.9. The molecule has 0 N–H and O–H groups in total. The van der Waals surface area contributed by atoms with Gasteiger partial charge in [-0.25, -0.2) is 9.99 Å². The first kappa shape index (κ1) is 19.7. The summed E-state index contributed by atoms with van der Waals surface area (Å²) >= 11 is 7.46. The van der Waals surface area contributed by atoms with Crippen LogP contribution in [0.3, 0.4) is 0 Å². The molecule has 31 heavy (non-hydrogen) atoms. The third-order valence-corrected chi connectivity index (χ3v) is 6.05. The lowest BCUT2D eigenvalue weighted by atomic mass is 10.1. The number of nitrogens with zero attached hydrogens (tertiary/aromatic N) is 4. The van der Waals surface area contributed by atoms with E-state index < -0.39 is 0 Å². The molecule has 1 atom stereocenters. The van der Waals surface area contributed by atoms with Crippen molar-refractivity contribution in [1.82, 2.24) is 14.6 Å². The lowest BCUT2D eigenvalue weighted by molar-refractivity contribution is -0.130. The van der Waals surface area contributed by atoms with Gasteiger partial charge in [-0.3, -0.25) is 9.36 Å². The smallest absolute Gasteiger partial charge is 0.253 e. The SMILES string of the molecule is O=C(CSc1nccn1-c1cccc(Cl)c1)N1N=C(c2ccco2)C[C@H]1c1ccco1. The number of hydrogen-bond acceptors (Lipinski definition) is 6. The minimum absolute atomic E-state index is 0.145. The summed E-state index contributed by atoms with van der Waals surface area (Å²) in [5, 5.41) is 7.36. The quantitative estimate of drug-likeness (QED) is 0.376. The lowest BCUT2D eigenvalue weighted by Gasteiger charge is -2.19. The number of thioether (sulfide) groups is 1. The third-order valence-electron chi connectivity index (χ3n) is 4.86. The first-order valence-electron chi connectivity index (χ1n) is 9.58. The van der Waals surface area contributed by atoms with Crippen LogP contribution >= 0.6 is 23.4 Å². The van der Waals surface area contributed by atoms with Gasteiger partial charge in [-0.15, -0.1) is 0 Å². The molecule has 1 amide bonds. The van der Waals surface area contributed by atoms with Crippen molar-refractivity contribution in [2.75, 3.05) is 5.75 Å². The maximum absolute atomic E-state index is 13.1. The topological polar surface area (TPSA) is 76.8 Å². The van der Waals surface area contributed by atoms with E-state index in [1.165, 1.54) is 16.8 Å². The Balaban J connectivity index is 1.35. The number of amides is 1. The Morgan fingerprint density at radius 2 is 2.03 bits per heavy atom. The summed E-state index contributed by atoms with van der Waals surface area (Å²) < 4.78 is 12.9. The van der Waals surface area contributed by atoms with E-state index in [9.17, 15) is 4.79 Å². The highest BCUT2D eigenvalue weighted by molar-refractivity contribution is 7.99. The Kier molecular flexibility index (Phi) is 5.40. The molecule has 0 unspecified atom stereocenters. The van der Waals surface area contributed by atoms with Gasteiger partial charge >= 0.3 is 0 Å². The predicted octanol–water partition coefficient (Wildman–Crippen LogP) is 5.18. The van der Waals surface area contributed by atoms with Crippen LogP contribution in [-0.4, -0.2) is 31.9 Å². The number of halogens is 1. The van der Waals surface area contributed by atoms with Crippen molar-refractivity contribution >= 4 is 35.0 Å². The molecule has 0 saturated heterocycles. The Morgan fingerprint density at radius 3 is 2.81 bits per heavy atom. The van der Waals surface area contributed by atoms with Crippen molar-refractivity contribution in [1.29, 1.82) is 0 Å². The zero-order valence-corrected chi connectivity index (χ0v) is 17.8. The van der Waals surface area contributed by atoms with Crippen LogP contribution in [0.4, 0.5) is 0 Å². The molecule has 0 fully saturated rings. The molecule has 0 aliphatic carbocycles. The summed E-state index contributed by atoms with van der Waals surface area (Å²) in [7, 11) is 0. The zero-order valence-electron chi connectivity index (χ0n) is 16.2. The fraction of sp³-hybridized carbons (Fsp3) is 0.136. The number of hydrazone groups is 1. The molecule has 0 radical (unpaired) electrons. The second-order valence-electron chi connectivity index (χ2n) is 6.85. The van der Waals surface area contributed by atoms with Crippen molar-refractivity contribution < 1.29 is 13.6 Å². The van der Waals surface area contributed by atoms with Crippen LogP contribution in [0.15, 0.2) is 92.5 Å². The van der Waals surface area contributed by atoms with Crippen LogP contribution in [0.5, 0.6) is 0 Å². The molecule has 1 aliphatic heterocycles. The van der Waals surface area contributed by atoms with E-state index in [1.807, 2.05) is 47.2 Å². The molecule has 3 aromatic heterocycles. The van der Waals surface area contributed by atoms with E-state index in [0.717, 1.165) is 5.69 Å². The standard InChI is InChI=1S/C22H17ClN4O3S/c23-15-4-1-5-16(12-15)26-9-8-24-22(26)31-14-21(28)27-18(20-7-3-11-30-20)13-17(25-27)19-6-2-10-29-19/h1-12,18H,13-14H2/t18-/m0/s1. The summed E-state index contributed by atoms with van der Waals surface area (Å²) in [5.41, 5.74) is 1.60. The highest BCUT2D eigenvalue weighted by Crippen LogP contribution is 2.34. The van der Waals surface area contributed by atoms with Crippen LogP contribution in [0.25, 0.3) is 5.69 Å². The Hall–Kier alpha value is -3.23. The van der Waals surface area contributed by atoms with Gasteiger partial charge in [0.15, 0.2) is 5.16 Å². The highest BCUT2D eigenvalue weighted by atomic mass is 35.5. The number of carbonyl (C=O) groups excluding carboxylic acids is 1. The van der Waals surface area contributed by atoms with Crippen molar-refractivity contribution in [3.05, 3.63) is 90.0 Å². The number of furan rings is 2. The van der Waals surface area contributed by atoms with Gasteiger partial charge in [-0.1, -0.05) is 29.4 Å². The van der Waals surface area contributed by atoms with Gasteiger partial charge < -0.3 is 8.83 Å². The molecule has 156 valence electrons. The summed E-state index contributed by atoms with van der Waals surface area (Å²) in [6, 6.07) is 14.5. The summed E-state index contributed by atoms with van der Waals surface area (Å²) in [4.78, 5) is 17.5. The van der Waals surface area contributed by atoms with Gasteiger partial charge in [0.1, 0.15) is 23.3 Å². The molecule has 0 spiro atoms. The molecule has 5 rings (SSSR count). The maximum Gasteiger partial charge on any atom is 0.253 e. The second kappa shape index (κ2) is 8.49. The minimum Gasteiger partial charge on any atom is -0.467 e. The molecule has 1 aromatic carbocycles. The van der Waals surface area contributed by atoms with Crippen LogP contribution in [0.2, 0.25) is 5.02 Å². The normalized spacial score (nSPS) is 16.0.